The summed E-state index contributed by atoms with van der Waals surface area (Å²) < 4.78 is 33.5. The lowest BCUT2D eigenvalue weighted by Crippen LogP contribution is -2.36. The Morgan fingerprint density at radius 3 is 2.33 bits per heavy atom. The van der Waals surface area contributed by atoms with Gasteiger partial charge in [0, 0.05) is 30.7 Å². The number of methoxy groups -OCH3 is 1. The Morgan fingerprint density at radius 2 is 1.69 bits per heavy atom. The third-order valence-electron chi connectivity index (χ3n) is 6.13. The van der Waals surface area contributed by atoms with Crippen molar-refractivity contribution in [2.75, 3.05) is 12.4 Å². The van der Waals surface area contributed by atoms with Crippen molar-refractivity contribution in [3.05, 3.63) is 93.9 Å². The van der Waals surface area contributed by atoms with Gasteiger partial charge in [-0.1, -0.05) is 30.3 Å². The van der Waals surface area contributed by atoms with Gasteiger partial charge in [-0.05, 0) is 60.9 Å². The molecule has 0 spiro atoms. The van der Waals surface area contributed by atoms with E-state index in [4.69, 9.17) is 4.74 Å². The molecule has 0 saturated carbocycles. The summed E-state index contributed by atoms with van der Waals surface area (Å²) in [5.41, 5.74) is 4.64. The van der Waals surface area contributed by atoms with E-state index < -0.39 is 11.8 Å². The molecule has 0 radical (unpaired) electrons. The highest BCUT2D eigenvalue weighted by Crippen LogP contribution is 2.37. The molecule has 8 heteroatoms. The molecule has 0 atom stereocenters. The molecule has 4 aromatic rings. The topological polar surface area (TPSA) is 81.1 Å². The molecule has 0 bridgehead atoms. The van der Waals surface area contributed by atoms with E-state index in [1.165, 1.54) is 24.3 Å². The van der Waals surface area contributed by atoms with Gasteiger partial charge >= 0.3 is 0 Å². The summed E-state index contributed by atoms with van der Waals surface area (Å²) in [6.07, 6.45) is 0. The van der Waals surface area contributed by atoms with Crippen LogP contribution >= 0.6 is 0 Å². The fourth-order valence-electron chi connectivity index (χ4n) is 4.35. The van der Waals surface area contributed by atoms with Crippen LogP contribution in [0.15, 0.2) is 60.7 Å². The zero-order valence-electron chi connectivity index (χ0n) is 20.7. The lowest BCUT2D eigenvalue weighted by molar-refractivity contribution is -0.594. The molecule has 6 nitrogen and oxygen atoms in total. The highest BCUT2D eigenvalue weighted by molar-refractivity contribution is 6.02. The first kappa shape index (κ1) is 24.9. The zero-order chi connectivity index (χ0) is 26.2. The van der Waals surface area contributed by atoms with Gasteiger partial charge in [-0.15, -0.1) is 0 Å². The molecule has 0 unspecified atom stereocenters. The van der Waals surface area contributed by atoms with Gasteiger partial charge in [0.05, 0.1) is 12.7 Å². The number of alkyl halides is 2. The molecule has 1 amide bonds. The van der Waals surface area contributed by atoms with Crippen LogP contribution in [0.3, 0.4) is 0 Å². The van der Waals surface area contributed by atoms with Crippen molar-refractivity contribution in [1.29, 1.82) is 0 Å². The molecule has 36 heavy (non-hydrogen) atoms. The van der Waals surface area contributed by atoms with Crippen LogP contribution in [-0.4, -0.2) is 18.0 Å². The number of H-pyrrole nitrogens is 1. The van der Waals surface area contributed by atoms with E-state index in [2.05, 4.69) is 10.3 Å². The molecule has 2 N–H and O–H groups in total. The summed E-state index contributed by atoms with van der Waals surface area (Å²) in [6, 6.07) is 16.7. The largest absolute Gasteiger partial charge is 0.710 e. The Bertz CT molecular complexity index is 1430. The highest BCUT2D eigenvalue weighted by Gasteiger charge is 2.28. The Morgan fingerprint density at radius 1 is 1.03 bits per heavy atom. The number of aryl methyl sites for hydroxylation is 3. The molecule has 4 rings (SSSR count). The number of amides is 1. The number of benzene rings is 3. The van der Waals surface area contributed by atoms with Gasteiger partial charge in [0.1, 0.15) is 5.75 Å². The summed E-state index contributed by atoms with van der Waals surface area (Å²) in [5, 5.41) is 15.8. The SMILES string of the molecule is COc1ccc(-c2[nH]c(C)c(C(=O)Nc3cccc(C(C)(F)F)c3)[n+]2[O-])cc1-c1c(C)cccc1C. The summed E-state index contributed by atoms with van der Waals surface area (Å²) in [6.45, 7) is 6.41. The highest BCUT2D eigenvalue weighted by atomic mass is 19.3. The fourth-order valence-corrected chi connectivity index (χ4v) is 4.35. The lowest BCUT2D eigenvalue weighted by Gasteiger charge is -2.15. The number of aromatic nitrogens is 2. The summed E-state index contributed by atoms with van der Waals surface area (Å²) >= 11 is 0. The number of rotatable bonds is 6. The van der Waals surface area contributed by atoms with E-state index in [0.29, 0.717) is 21.7 Å². The predicted octanol–water partition coefficient (Wildman–Crippen LogP) is 6.28. The summed E-state index contributed by atoms with van der Waals surface area (Å²) in [5.74, 6) is -2.92. The molecular formula is C28H27F2N3O3. The van der Waals surface area contributed by atoms with Crippen LogP contribution in [0.4, 0.5) is 14.5 Å². The van der Waals surface area contributed by atoms with E-state index in [1.54, 1.807) is 26.2 Å². The minimum atomic E-state index is -3.06. The third kappa shape index (κ3) is 4.66. The number of imidazole rings is 1. The van der Waals surface area contributed by atoms with Crippen molar-refractivity contribution in [3.63, 3.8) is 0 Å². The summed E-state index contributed by atoms with van der Waals surface area (Å²) in [7, 11) is 1.59. The molecular weight excluding hydrogens is 464 g/mol. The van der Waals surface area contributed by atoms with Gasteiger partial charge in [-0.2, -0.15) is 0 Å². The number of hydrogen-bond acceptors (Lipinski definition) is 3. The maximum Gasteiger partial charge on any atom is 0.300 e. The Balaban J connectivity index is 1.73. The van der Waals surface area contributed by atoms with Crippen LogP contribution in [0.25, 0.3) is 22.5 Å². The first-order chi connectivity index (χ1) is 17.0. The molecule has 0 aliphatic heterocycles. The quantitative estimate of drug-likeness (QED) is 0.246. The van der Waals surface area contributed by atoms with E-state index in [1.807, 2.05) is 38.1 Å². The van der Waals surface area contributed by atoms with E-state index >= 15 is 0 Å². The van der Waals surface area contributed by atoms with Crippen molar-refractivity contribution < 1.29 is 23.0 Å². The Labute approximate surface area is 208 Å². The van der Waals surface area contributed by atoms with E-state index in [-0.39, 0.29) is 22.8 Å². The molecule has 186 valence electrons. The maximum atomic E-state index is 13.7. The number of anilines is 1. The minimum absolute atomic E-state index is 0.150. The average Bonchev–Trinajstić information content (AvgIpc) is 3.12. The first-order valence-electron chi connectivity index (χ1n) is 11.4. The van der Waals surface area contributed by atoms with Crippen molar-refractivity contribution in [1.82, 2.24) is 4.98 Å². The molecule has 1 aromatic heterocycles. The first-order valence-corrected chi connectivity index (χ1v) is 11.4. The van der Waals surface area contributed by atoms with Gasteiger partial charge in [0.15, 0.2) is 5.69 Å². The monoisotopic (exact) mass is 491 g/mol. The molecule has 0 aliphatic carbocycles. The number of ether oxygens (including phenoxy) is 1. The van der Waals surface area contributed by atoms with Crippen molar-refractivity contribution >= 4 is 11.6 Å². The number of aromatic amines is 1. The number of carbonyl (C=O) groups excluding carboxylic acids is 1. The van der Waals surface area contributed by atoms with Gasteiger partial charge in [0.2, 0.25) is 5.69 Å². The van der Waals surface area contributed by atoms with E-state index in [0.717, 1.165) is 29.2 Å². The third-order valence-corrected chi connectivity index (χ3v) is 6.13. The van der Waals surface area contributed by atoms with Gasteiger partial charge in [-0.3, -0.25) is 4.79 Å². The molecule has 0 fully saturated rings. The Hall–Kier alpha value is -4.20. The van der Waals surface area contributed by atoms with Crippen molar-refractivity contribution in [2.24, 2.45) is 0 Å². The van der Waals surface area contributed by atoms with E-state index in [9.17, 15) is 18.8 Å². The van der Waals surface area contributed by atoms with Crippen LogP contribution in [0.5, 0.6) is 5.75 Å². The standard InChI is InChI=1S/C28H27F2N3O3/c1-16-8-6-9-17(2)24(16)22-14-19(12-13-23(22)36-5)26-31-18(3)25(33(26)35)27(34)32-21-11-7-10-20(15-21)28(4,29)30/h6-15,31H,1-5H3,(H,32,34). The number of carbonyl (C=O) groups is 1. The second-order valence-corrected chi connectivity index (χ2v) is 8.85. The normalized spacial score (nSPS) is 11.4. The second-order valence-electron chi connectivity index (χ2n) is 8.85. The predicted molar refractivity (Wildman–Crippen MR) is 135 cm³/mol. The van der Waals surface area contributed by atoms with Gasteiger partial charge in [0.25, 0.3) is 17.7 Å². The lowest BCUT2D eigenvalue weighted by atomic mass is 9.93. The van der Waals surface area contributed by atoms with Crippen LogP contribution in [-0.2, 0) is 5.92 Å². The van der Waals surface area contributed by atoms with Gasteiger partial charge in [-0.25, -0.2) is 18.5 Å². The molecule has 3 aromatic carbocycles. The van der Waals surface area contributed by atoms with Crippen LogP contribution < -0.4 is 14.8 Å². The molecule has 0 saturated heterocycles. The average molecular weight is 492 g/mol. The van der Waals surface area contributed by atoms with Crippen LogP contribution in [0.1, 0.15) is 39.8 Å². The van der Waals surface area contributed by atoms with Crippen molar-refractivity contribution in [3.8, 4) is 28.3 Å². The second kappa shape index (κ2) is 9.45. The number of halogens is 2. The van der Waals surface area contributed by atoms with Crippen LogP contribution in [0, 0.1) is 26.0 Å². The molecule has 0 aliphatic rings. The number of nitrogens with one attached hydrogen (secondary N) is 2. The summed E-state index contributed by atoms with van der Waals surface area (Å²) in [4.78, 5) is 16.0. The number of nitrogens with zero attached hydrogens (tertiary/aromatic N) is 1. The fraction of sp³-hybridized carbons (Fsp3) is 0.214. The Kier molecular flexibility index (Phi) is 6.54. The smallest absolute Gasteiger partial charge is 0.300 e. The molecule has 1 heterocycles. The van der Waals surface area contributed by atoms with Crippen LogP contribution in [0.2, 0.25) is 0 Å². The number of hydrogen-bond donors (Lipinski definition) is 2. The van der Waals surface area contributed by atoms with Gasteiger partial charge < -0.3 is 15.3 Å². The zero-order valence-corrected chi connectivity index (χ0v) is 20.7. The minimum Gasteiger partial charge on any atom is -0.710 e. The van der Waals surface area contributed by atoms with Crippen molar-refractivity contribution in [2.45, 2.75) is 33.6 Å². The maximum absolute atomic E-state index is 13.7.